The van der Waals surface area contributed by atoms with Gasteiger partial charge in [-0.1, -0.05) is 59.6 Å². The van der Waals surface area contributed by atoms with Gasteiger partial charge in [0.05, 0.1) is 24.3 Å². The Hall–Kier alpha value is -3.26. The molecular formula is C33H36Cl2N2O5. The van der Waals surface area contributed by atoms with E-state index in [9.17, 15) is 14.7 Å². The molecule has 3 aromatic rings. The monoisotopic (exact) mass is 610 g/mol. The molecule has 2 heterocycles. The zero-order valence-electron chi connectivity index (χ0n) is 24.1. The molecule has 42 heavy (non-hydrogen) atoms. The third kappa shape index (κ3) is 5.70. The summed E-state index contributed by atoms with van der Waals surface area (Å²) in [5.41, 5.74) is 1.05. The van der Waals surface area contributed by atoms with Gasteiger partial charge in [0.2, 0.25) is 0 Å². The minimum atomic E-state index is -1.11. The number of halogens is 2. The maximum Gasteiger partial charge on any atom is 0.314 e. The fraction of sp³-hybridized carbons (Fsp3) is 0.394. The van der Waals surface area contributed by atoms with E-state index in [4.69, 9.17) is 32.7 Å². The molecule has 1 N–H and O–H groups in total. The molecule has 2 saturated heterocycles. The third-order valence-corrected chi connectivity index (χ3v) is 9.93. The fourth-order valence-electron chi connectivity index (χ4n) is 6.70. The molecule has 0 bridgehead atoms. The summed E-state index contributed by atoms with van der Waals surface area (Å²) in [6, 6.07) is 20.3. The predicted octanol–water partition coefficient (Wildman–Crippen LogP) is 6.37. The third-order valence-electron chi connectivity index (χ3n) is 9.19. The number of benzene rings is 3. The first-order chi connectivity index (χ1) is 20.2. The van der Waals surface area contributed by atoms with Gasteiger partial charge in [0.25, 0.3) is 5.91 Å². The highest BCUT2D eigenvalue weighted by molar-refractivity contribution is 6.42. The average Bonchev–Trinajstić information content (AvgIpc) is 3.51. The first kappa shape index (κ1) is 30.2. The van der Waals surface area contributed by atoms with Gasteiger partial charge in [-0.15, -0.1) is 0 Å². The van der Waals surface area contributed by atoms with E-state index in [2.05, 4.69) is 11.8 Å². The molecule has 0 aliphatic carbocycles. The number of aliphatic carboxylic acids is 1. The highest BCUT2D eigenvalue weighted by Crippen LogP contribution is 2.47. The maximum absolute atomic E-state index is 13.5. The maximum atomic E-state index is 13.5. The number of rotatable bonds is 8. The van der Waals surface area contributed by atoms with Crippen LogP contribution in [0.25, 0.3) is 0 Å². The minimum absolute atomic E-state index is 0.0526. The van der Waals surface area contributed by atoms with Crippen molar-refractivity contribution in [2.45, 2.75) is 37.1 Å². The van der Waals surface area contributed by atoms with Crippen molar-refractivity contribution in [2.75, 3.05) is 40.4 Å². The highest BCUT2D eigenvalue weighted by Gasteiger charge is 2.52. The van der Waals surface area contributed by atoms with Gasteiger partial charge in [-0.25, -0.2) is 0 Å². The number of nitrogens with zero attached hydrogens (tertiary/aromatic N) is 2. The van der Waals surface area contributed by atoms with Gasteiger partial charge in [0.1, 0.15) is 16.9 Å². The van der Waals surface area contributed by atoms with Crippen LogP contribution >= 0.6 is 23.2 Å². The summed E-state index contributed by atoms with van der Waals surface area (Å²) in [4.78, 5) is 30.9. The topological polar surface area (TPSA) is 79.3 Å². The van der Waals surface area contributed by atoms with E-state index >= 15 is 0 Å². The molecule has 1 amide bonds. The van der Waals surface area contributed by atoms with E-state index in [0.717, 1.165) is 17.5 Å². The Labute approximate surface area is 256 Å². The summed E-state index contributed by atoms with van der Waals surface area (Å²) in [6.45, 7) is 4.63. The quantitative estimate of drug-likeness (QED) is 0.319. The van der Waals surface area contributed by atoms with Crippen LogP contribution in [0, 0.1) is 5.92 Å². The van der Waals surface area contributed by atoms with Crippen molar-refractivity contribution in [3.8, 4) is 11.5 Å². The van der Waals surface area contributed by atoms with Gasteiger partial charge in [-0.3, -0.25) is 14.5 Å². The number of likely N-dealkylation sites (tertiary alicyclic amines) is 2. The lowest BCUT2D eigenvalue weighted by Crippen LogP contribution is -2.56. The van der Waals surface area contributed by atoms with E-state index in [1.165, 1.54) is 0 Å². The Balaban J connectivity index is 1.39. The van der Waals surface area contributed by atoms with Gasteiger partial charge in [0.15, 0.2) is 0 Å². The van der Waals surface area contributed by atoms with Gasteiger partial charge in [-0.05, 0) is 67.6 Å². The molecule has 3 aromatic carbocycles. The first-order valence-corrected chi connectivity index (χ1v) is 14.9. The fourth-order valence-corrected chi connectivity index (χ4v) is 7.01. The normalized spacial score (nSPS) is 23.4. The Kier molecular flexibility index (Phi) is 9.02. The number of methoxy groups -OCH3 is 2. The van der Waals surface area contributed by atoms with E-state index in [0.29, 0.717) is 59.7 Å². The van der Waals surface area contributed by atoms with Crippen LogP contribution in [0.15, 0.2) is 66.7 Å². The first-order valence-electron chi connectivity index (χ1n) is 14.2. The van der Waals surface area contributed by atoms with Crippen molar-refractivity contribution < 1.29 is 24.2 Å². The zero-order chi connectivity index (χ0) is 30.0. The summed E-state index contributed by atoms with van der Waals surface area (Å²) >= 11 is 12.7. The van der Waals surface area contributed by atoms with E-state index < -0.39 is 11.4 Å². The largest absolute Gasteiger partial charge is 0.497 e. The minimum Gasteiger partial charge on any atom is -0.497 e. The van der Waals surface area contributed by atoms with Crippen molar-refractivity contribution in [3.63, 3.8) is 0 Å². The van der Waals surface area contributed by atoms with Crippen LogP contribution in [0.4, 0.5) is 0 Å². The zero-order valence-corrected chi connectivity index (χ0v) is 25.6. The summed E-state index contributed by atoms with van der Waals surface area (Å²) in [6.07, 6.45) is 1.31. The van der Waals surface area contributed by atoms with Crippen LogP contribution in [-0.4, -0.2) is 73.2 Å². The van der Waals surface area contributed by atoms with Crippen LogP contribution in [0.3, 0.4) is 0 Å². The van der Waals surface area contributed by atoms with Gasteiger partial charge in [0, 0.05) is 43.2 Å². The Bertz CT molecular complexity index is 1430. The Morgan fingerprint density at radius 3 is 2.24 bits per heavy atom. The number of hydrogen-bond acceptors (Lipinski definition) is 5. The number of carbonyl (C=O) groups is 2. The smallest absolute Gasteiger partial charge is 0.314 e. The van der Waals surface area contributed by atoms with Gasteiger partial charge >= 0.3 is 5.97 Å². The lowest BCUT2D eigenvalue weighted by atomic mass is 9.63. The Morgan fingerprint density at radius 2 is 1.62 bits per heavy atom. The van der Waals surface area contributed by atoms with E-state index in [-0.39, 0.29) is 23.8 Å². The van der Waals surface area contributed by atoms with Crippen LogP contribution in [-0.2, 0) is 10.2 Å². The van der Waals surface area contributed by atoms with Crippen molar-refractivity contribution in [3.05, 3.63) is 93.5 Å². The van der Waals surface area contributed by atoms with E-state index in [1.807, 2.05) is 47.4 Å². The predicted molar refractivity (Wildman–Crippen MR) is 164 cm³/mol. The van der Waals surface area contributed by atoms with Gasteiger partial charge in [-0.2, -0.15) is 0 Å². The van der Waals surface area contributed by atoms with Crippen molar-refractivity contribution >= 4 is 35.1 Å². The molecule has 4 unspecified atom stereocenters. The second kappa shape index (κ2) is 12.5. The molecule has 2 aliphatic heterocycles. The molecule has 2 fully saturated rings. The van der Waals surface area contributed by atoms with Crippen LogP contribution < -0.4 is 9.47 Å². The molecule has 9 heteroatoms. The highest BCUT2D eigenvalue weighted by atomic mass is 35.5. The molecule has 0 spiro atoms. The summed E-state index contributed by atoms with van der Waals surface area (Å²) < 4.78 is 10.7. The lowest BCUT2D eigenvalue weighted by Gasteiger charge is -2.48. The molecular weight excluding hydrogens is 575 g/mol. The van der Waals surface area contributed by atoms with Gasteiger partial charge < -0.3 is 19.5 Å². The number of ether oxygens (including phenoxy) is 2. The number of carboxylic acid groups (broad SMARTS) is 1. The van der Waals surface area contributed by atoms with Crippen LogP contribution in [0.1, 0.15) is 47.2 Å². The summed E-state index contributed by atoms with van der Waals surface area (Å²) in [5, 5.41) is 11.6. The van der Waals surface area contributed by atoms with Crippen LogP contribution in [0.5, 0.6) is 11.5 Å². The van der Waals surface area contributed by atoms with Crippen molar-refractivity contribution in [1.29, 1.82) is 0 Å². The second-order valence-corrected chi connectivity index (χ2v) is 12.1. The number of amides is 1. The molecule has 0 aromatic heterocycles. The molecule has 222 valence electrons. The van der Waals surface area contributed by atoms with Crippen molar-refractivity contribution in [2.24, 2.45) is 5.92 Å². The van der Waals surface area contributed by atoms with E-state index in [1.54, 1.807) is 38.5 Å². The lowest BCUT2D eigenvalue weighted by molar-refractivity contribution is -0.147. The molecule has 2 aliphatic rings. The van der Waals surface area contributed by atoms with Crippen molar-refractivity contribution in [1.82, 2.24) is 9.80 Å². The molecule has 4 atom stereocenters. The molecule has 5 rings (SSSR count). The second-order valence-electron chi connectivity index (χ2n) is 11.3. The standard InChI is InChI=1S/C33H36Cl2N2O5/c1-21(23-11-13-37(19-23)31(38)24-15-26(41-2)18-27(16-24)42-3)36-14-12-33(32(39)40,25-7-5-4-6-8-25)28(20-36)22-9-10-29(34)30(35)17-22/h4-10,15-18,21,23,28H,11-14,19-20H2,1-3H3,(H,39,40). The number of hydrogen-bond donors (Lipinski definition) is 1. The van der Waals surface area contributed by atoms with Crippen LogP contribution in [0.2, 0.25) is 10.0 Å². The molecule has 0 saturated carbocycles. The number of piperidine rings is 1. The Morgan fingerprint density at radius 1 is 0.929 bits per heavy atom. The SMILES string of the molecule is COc1cc(OC)cc(C(=O)N2CCC(C(C)N3CCC(C(=O)O)(c4ccccc4)C(c4ccc(Cl)c(Cl)c4)C3)C2)c1. The molecule has 7 nitrogen and oxygen atoms in total. The molecule has 0 radical (unpaired) electrons. The average molecular weight is 612 g/mol. The number of carbonyl (C=O) groups excluding carboxylic acids is 1. The summed E-state index contributed by atoms with van der Waals surface area (Å²) in [5.74, 6) is 0.135. The summed E-state index contributed by atoms with van der Waals surface area (Å²) in [7, 11) is 3.13. The number of carboxylic acids is 1.